The van der Waals surface area contributed by atoms with Crippen molar-refractivity contribution in [2.24, 2.45) is 5.41 Å². The molecule has 1 rings (SSSR count). The van der Waals surface area contributed by atoms with Gasteiger partial charge in [-0.15, -0.1) is 4.52 Å². The fourth-order valence-corrected chi connectivity index (χ4v) is 5.32. The van der Waals surface area contributed by atoms with Gasteiger partial charge in [-0.25, -0.2) is 0 Å². The Bertz CT molecular complexity index is 465. The lowest BCUT2D eigenvalue weighted by molar-refractivity contribution is -0.284. The summed E-state index contributed by atoms with van der Waals surface area (Å²) in [5, 5.41) is 9.75. The van der Waals surface area contributed by atoms with Crippen LogP contribution in [0.1, 0.15) is 81.1 Å². The first-order valence-corrected chi connectivity index (χ1v) is 11.5. The van der Waals surface area contributed by atoms with Gasteiger partial charge in [0.2, 0.25) is 0 Å². The van der Waals surface area contributed by atoms with E-state index in [9.17, 15) is 4.57 Å². The van der Waals surface area contributed by atoms with E-state index in [1.54, 1.807) is 0 Å². The van der Waals surface area contributed by atoms with E-state index >= 15 is 0 Å². The summed E-state index contributed by atoms with van der Waals surface area (Å²) in [5.41, 5.74) is -0.578. The number of unbranched alkanes of at least 4 members (excludes halogenated alkanes) is 1. The van der Waals surface area contributed by atoms with Gasteiger partial charge in [-0.3, -0.25) is 4.84 Å². The number of hydrogen-bond acceptors (Lipinski definition) is 4. The van der Waals surface area contributed by atoms with Crippen molar-refractivity contribution in [3.63, 3.8) is 0 Å². The second-order valence-electron chi connectivity index (χ2n) is 9.77. The smallest absolute Gasteiger partial charge is 0.445 e. The summed E-state index contributed by atoms with van der Waals surface area (Å²) in [5.74, 6) is 0. The number of nitrogens with zero attached hydrogens (tertiary/aromatic N) is 2. The third kappa shape index (κ3) is 7.02. The zero-order valence-electron chi connectivity index (χ0n) is 18.8. The van der Waals surface area contributed by atoms with E-state index in [2.05, 4.69) is 44.4 Å². The molecule has 0 radical (unpaired) electrons. The molecular weight excluding hydrogens is 363 g/mol. The van der Waals surface area contributed by atoms with Crippen LogP contribution in [0, 0.1) is 5.41 Å². The van der Waals surface area contributed by atoms with Gasteiger partial charge in [0.05, 0.1) is 18.1 Å². The van der Waals surface area contributed by atoms with Crippen LogP contribution in [-0.4, -0.2) is 58.3 Å². The molecule has 1 saturated heterocycles. The minimum Gasteiger partial charge on any atom is -0.445 e. The Morgan fingerprint density at radius 1 is 1.19 bits per heavy atom. The standard InChI is InChI=1S/C20H42N2O4P/c1-9-11-12-21(27(24)26-16-18(3,4)15-23)17-13-19(5,6)22(25-10-2)20(7,8)14-17/h17,23H,9-16H2,1-8H3/q+1/p+1. The summed E-state index contributed by atoms with van der Waals surface area (Å²) in [6.45, 7) is 19.0. The molecule has 6 nitrogen and oxygen atoms in total. The highest BCUT2D eigenvalue weighted by molar-refractivity contribution is 7.36. The van der Waals surface area contributed by atoms with E-state index in [-0.39, 0.29) is 29.1 Å². The molecule has 0 aliphatic carbocycles. The van der Waals surface area contributed by atoms with E-state index < -0.39 is 8.18 Å². The monoisotopic (exact) mass is 406 g/mol. The second-order valence-corrected chi connectivity index (χ2v) is 11.0. The first kappa shape index (κ1) is 24.9. The lowest BCUT2D eigenvalue weighted by Crippen LogP contribution is -2.63. The van der Waals surface area contributed by atoms with E-state index in [1.807, 2.05) is 20.8 Å². The highest BCUT2D eigenvalue weighted by Crippen LogP contribution is 2.45. The highest BCUT2D eigenvalue weighted by Gasteiger charge is 2.52. The molecule has 27 heavy (non-hydrogen) atoms. The molecule has 1 aliphatic rings. The normalized spacial score (nSPS) is 21.6. The SMILES string of the molecule is CCCCN(C1CC(C)(C)N(OCC)C(C)(C)C1)[P+](=O)OCC(C)(C)C[OH2+]. The van der Waals surface area contributed by atoms with Crippen LogP contribution < -0.4 is 0 Å². The molecule has 7 heteroatoms. The topological polar surface area (TPSA) is 64.9 Å². The number of hydrogen-bond donors (Lipinski definition) is 0. The quantitative estimate of drug-likeness (QED) is 0.374. The molecule has 1 unspecified atom stereocenters. The van der Waals surface area contributed by atoms with Gasteiger partial charge in [0.15, 0.2) is 6.61 Å². The predicted octanol–water partition coefficient (Wildman–Crippen LogP) is 4.49. The van der Waals surface area contributed by atoms with Crippen LogP contribution in [0.4, 0.5) is 0 Å². The zero-order valence-corrected chi connectivity index (χ0v) is 19.7. The molecule has 160 valence electrons. The minimum absolute atomic E-state index is 0.149. The Morgan fingerprint density at radius 2 is 1.74 bits per heavy atom. The van der Waals surface area contributed by atoms with Gasteiger partial charge in [0, 0.05) is 17.6 Å². The third-order valence-corrected chi connectivity index (χ3v) is 6.54. The van der Waals surface area contributed by atoms with Gasteiger partial charge in [0.1, 0.15) is 6.61 Å². The number of piperidine rings is 1. The minimum atomic E-state index is -1.91. The Hall–Kier alpha value is -0.100. The van der Waals surface area contributed by atoms with Gasteiger partial charge < -0.3 is 5.11 Å². The Labute approximate surface area is 167 Å². The fourth-order valence-electron chi connectivity index (χ4n) is 3.97. The molecule has 1 atom stereocenters. The predicted molar refractivity (Wildman–Crippen MR) is 112 cm³/mol. The molecule has 0 spiro atoms. The molecule has 0 aromatic heterocycles. The molecule has 1 heterocycles. The first-order valence-electron chi connectivity index (χ1n) is 10.3. The number of rotatable bonds is 11. The molecule has 2 N–H and O–H groups in total. The summed E-state index contributed by atoms with van der Waals surface area (Å²) in [7, 11) is -1.91. The van der Waals surface area contributed by atoms with E-state index in [0.29, 0.717) is 13.2 Å². The van der Waals surface area contributed by atoms with Crippen molar-refractivity contribution >= 4 is 8.18 Å². The summed E-state index contributed by atoms with van der Waals surface area (Å²) in [6, 6.07) is 0.181. The molecular formula is C20H43N2O4P+2. The molecule has 0 saturated carbocycles. The summed E-state index contributed by atoms with van der Waals surface area (Å²) < 4.78 is 21.0. The Kier molecular flexibility index (Phi) is 9.32. The van der Waals surface area contributed by atoms with Crippen molar-refractivity contribution in [3.05, 3.63) is 0 Å². The van der Waals surface area contributed by atoms with Gasteiger partial charge in [-0.05, 0) is 58.4 Å². The van der Waals surface area contributed by atoms with Crippen LogP contribution in [0.3, 0.4) is 0 Å². The zero-order chi connectivity index (χ0) is 20.9. The van der Waals surface area contributed by atoms with Gasteiger partial charge in [-0.1, -0.05) is 31.9 Å². The van der Waals surface area contributed by atoms with Gasteiger partial charge >= 0.3 is 8.18 Å². The molecule has 0 amide bonds. The van der Waals surface area contributed by atoms with Crippen LogP contribution in [-0.2, 0) is 13.9 Å². The van der Waals surface area contributed by atoms with Crippen molar-refractivity contribution in [1.82, 2.24) is 9.73 Å². The maximum atomic E-state index is 13.1. The van der Waals surface area contributed by atoms with Crippen LogP contribution in [0.5, 0.6) is 0 Å². The summed E-state index contributed by atoms with van der Waals surface area (Å²) in [6.07, 6.45) is 3.82. The fraction of sp³-hybridized carbons (Fsp3) is 1.00. The van der Waals surface area contributed by atoms with Crippen molar-refractivity contribution in [3.8, 4) is 0 Å². The maximum Gasteiger partial charge on any atom is 0.616 e. The average Bonchev–Trinajstić information content (AvgIpc) is 2.56. The first-order chi connectivity index (χ1) is 12.4. The highest BCUT2D eigenvalue weighted by atomic mass is 31.1. The van der Waals surface area contributed by atoms with Crippen LogP contribution in [0.2, 0.25) is 0 Å². The van der Waals surface area contributed by atoms with E-state index in [0.717, 1.165) is 32.2 Å². The summed E-state index contributed by atoms with van der Waals surface area (Å²) in [4.78, 5) is 5.98. The third-order valence-electron chi connectivity index (χ3n) is 5.24. The van der Waals surface area contributed by atoms with Gasteiger partial charge in [0.25, 0.3) is 0 Å². The van der Waals surface area contributed by atoms with Gasteiger partial charge in [-0.2, -0.15) is 5.06 Å². The lowest BCUT2D eigenvalue weighted by Gasteiger charge is -2.53. The average molecular weight is 407 g/mol. The number of hydroxylamine groups is 2. The Morgan fingerprint density at radius 3 is 2.19 bits per heavy atom. The largest absolute Gasteiger partial charge is 0.616 e. The van der Waals surface area contributed by atoms with Crippen LogP contribution >= 0.6 is 8.18 Å². The molecule has 1 aliphatic heterocycles. The molecule has 0 aromatic carbocycles. The second kappa shape index (κ2) is 10.1. The molecule has 0 bridgehead atoms. The van der Waals surface area contributed by atoms with E-state index in [1.165, 1.54) is 0 Å². The lowest BCUT2D eigenvalue weighted by atomic mass is 9.79. The van der Waals surface area contributed by atoms with Crippen molar-refractivity contribution in [2.45, 2.75) is 98.2 Å². The summed E-state index contributed by atoms with van der Waals surface area (Å²) >= 11 is 0. The van der Waals surface area contributed by atoms with Crippen LogP contribution in [0.25, 0.3) is 0 Å². The molecule has 0 aromatic rings. The Balaban J connectivity index is 2.97. The van der Waals surface area contributed by atoms with Crippen molar-refractivity contribution in [1.29, 1.82) is 0 Å². The maximum absolute atomic E-state index is 13.1. The van der Waals surface area contributed by atoms with E-state index in [4.69, 9.17) is 14.5 Å². The molecule has 1 fully saturated rings. The van der Waals surface area contributed by atoms with Crippen LogP contribution in [0.15, 0.2) is 0 Å². The van der Waals surface area contributed by atoms with Crippen molar-refractivity contribution in [2.75, 3.05) is 26.4 Å². The van der Waals surface area contributed by atoms with Crippen molar-refractivity contribution < 1.29 is 19.0 Å².